The van der Waals surface area contributed by atoms with Crippen LogP contribution in [-0.4, -0.2) is 22.3 Å². The summed E-state index contributed by atoms with van der Waals surface area (Å²) in [4.78, 5) is 9.99. The third-order valence-corrected chi connectivity index (χ3v) is 1.03. The van der Waals surface area contributed by atoms with Crippen molar-refractivity contribution in [1.29, 1.82) is 0 Å². The van der Waals surface area contributed by atoms with E-state index in [0.29, 0.717) is 0 Å². The lowest BCUT2D eigenvalue weighted by molar-refractivity contribution is -0.144. The van der Waals surface area contributed by atoms with Gasteiger partial charge in [-0.15, -0.1) is 0 Å². The van der Waals surface area contributed by atoms with Gasteiger partial charge in [0.2, 0.25) is 0 Å². The van der Waals surface area contributed by atoms with Gasteiger partial charge in [-0.3, -0.25) is 0 Å². The number of rotatable bonds is 4. The Hall–Kier alpha value is -0.830. The number of allylic oxidation sites excluding steroid dienone is 1. The van der Waals surface area contributed by atoms with E-state index in [4.69, 9.17) is 10.2 Å². The van der Waals surface area contributed by atoms with Crippen LogP contribution in [0.2, 0.25) is 0 Å². The first-order chi connectivity index (χ1) is 4.68. The van der Waals surface area contributed by atoms with E-state index in [1.807, 2.05) is 6.92 Å². The molecule has 0 aromatic carbocycles. The van der Waals surface area contributed by atoms with E-state index in [9.17, 15) is 4.79 Å². The van der Waals surface area contributed by atoms with Gasteiger partial charge in [0.15, 0.2) is 6.10 Å². The lowest BCUT2D eigenvalue weighted by atomic mass is 10.2. The van der Waals surface area contributed by atoms with Gasteiger partial charge < -0.3 is 10.2 Å². The number of carbonyl (C=O) groups is 1. The van der Waals surface area contributed by atoms with Gasteiger partial charge in [-0.2, -0.15) is 0 Å². The number of hydrogen-bond donors (Lipinski definition) is 2. The van der Waals surface area contributed by atoms with E-state index in [-0.39, 0.29) is 0 Å². The molecule has 0 amide bonds. The Morgan fingerprint density at radius 1 is 1.70 bits per heavy atom. The van der Waals surface area contributed by atoms with E-state index in [1.54, 1.807) is 6.08 Å². The molecule has 0 bridgehead atoms. The summed E-state index contributed by atoms with van der Waals surface area (Å²) >= 11 is 0. The number of aliphatic hydroxyl groups is 1. The fraction of sp³-hybridized carbons (Fsp3) is 0.571. The highest BCUT2D eigenvalue weighted by atomic mass is 16.4. The fourth-order valence-electron chi connectivity index (χ4n) is 0.474. The highest BCUT2D eigenvalue weighted by Gasteiger charge is 2.06. The van der Waals surface area contributed by atoms with E-state index < -0.39 is 12.1 Å². The summed E-state index contributed by atoms with van der Waals surface area (Å²) in [6.07, 6.45) is 3.38. The van der Waals surface area contributed by atoms with Crippen LogP contribution in [0.3, 0.4) is 0 Å². The van der Waals surface area contributed by atoms with Gasteiger partial charge in [-0.05, 0) is 12.5 Å². The molecular formula is C7H12O3. The van der Waals surface area contributed by atoms with Crippen molar-refractivity contribution in [3.05, 3.63) is 12.2 Å². The summed E-state index contributed by atoms with van der Waals surface area (Å²) in [5.41, 5.74) is 0. The second-order valence-electron chi connectivity index (χ2n) is 2.00. The van der Waals surface area contributed by atoms with Gasteiger partial charge in [0.1, 0.15) is 0 Å². The zero-order chi connectivity index (χ0) is 7.98. The second-order valence-corrected chi connectivity index (χ2v) is 2.00. The van der Waals surface area contributed by atoms with E-state index in [0.717, 1.165) is 12.8 Å². The molecular weight excluding hydrogens is 132 g/mol. The van der Waals surface area contributed by atoms with Crippen LogP contribution in [0.25, 0.3) is 0 Å². The number of unbranched alkanes of at least 4 members (excludes halogenated alkanes) is 1. The number of hydrogen-bond acceptors (Lipinski definition) is 2. The highest BCUT2D eigenvalue weighted by Crippen LogP contribution is 1.91. The predicted octanol–water partition coefficient (Wildman–Crippen LogP) is 0.788. The van der Waals surface area contributed by atoms with Crippen molar-refractivity contribution in [3.63, 3.8) is 0 Å². The Labute approximate surface area is 60.0 Å². The first-order valence-electron chi connectivity index (χ1n) is 3.26. The minimum Gasteiger partial charge on any atom is -0.479 e. The van der Waals surface area contributed by atoms with Crippen LogP contribution in [0.1, 0.15) is 19.8 Å². The molecule has 0 heterocycles. The molecule has 0 fully saturated rings. The summed E-state index contributed by atoms with van der Waals surface area (Å²) < 4.78 is 0. The summed E-state index contributed by atoms with van der Waals surface area (Å²) in [7, 11) is 0. The first-order valence-corrected chi connectivity index (χ1v) is 3.26. The maximum absolute atomic E-state index is 9.99. The number of carboxylic acid groups (broad SMARTS) is 1. The molecule has 3 nitrogen and oxygen atoms in total. The molecule has 0 rings (SSSR count). The first kappa shape index (κ1) is 9.17. The van der Waals surface area contributed by atoms with Crippen molar-refractivity contribution in [3.8, 4) is 0 Å². The van der Waals surface area contributed by atoms with Crippen molar-refractivity contribution in [2.45, 2.75) is 25.9 Å². The van der Waals surface area contributed by atoms with Crippen LogP contribution in [-0.2, 0) is 4.79 Å². The maximum atomic E-state index is 9.99. The molecule has 0 aliphatic heterocycles. The third kappa shape index (κ3) is 4.09. The molecule has 0 saturated heterocycles. The van der Waals surface area contributed by atoms with Crippen molar-refractivity contribution in [1.82, 2.24) is 0 Å². The molecule has 0 aromatic rings. The largest absolute Gasteiger partial charge is 0.479 e. The van der Waals surface area contributed by atoms with Crippen LogP contribution in [0, 0.1) is 0 Å². The van der Waals surface area contributed by atoms with Gasteiger partial charge in [0, 0.05) is 0 Å². The molecule has 0 unspecified atom stereocenters. The highest BCUT2D eigenvalue weighted by molar-refractivity contribution is 5.74. The van der Waals surface area contributed by atoms with Crippen molar-refractivity contribution in [2.24, 2.45) is 0 Å². The summed E-state index contributed by atoms with van der Waals surface area (Å²) in [6, 6.07) is 0. The van der Waals surface area contributed by atoms with Gasteiger partial charge in [-0.1, -0.05) is 19.4 Å². The van der Waals surface area contributed by atoms with E-state index in [2.05, 4.69) is 0 Å². The van der Waals surface area contributed by atoms with Gasteiger partial charge in [0.05, 0.1) is 0 Å². The number of aliphatic hydroxyl groups excluding tert-OH is 1. The zero-order valence-corrected chi connectivity index (χ0v) is 5.95. The maximum Gasteiger partial charge on any atom is 0.336 e. The van der Waals surface area contributed by atoms with E-state index >= 15 is 0 Å². The smallest absolute Gasteiger partial charge is 0.336 e. The molecule has 0 aromatic heterocycles. The van der Waals surface area contributed by atoms with Crippen LogP contribution in [0.5, 0.6) is 0 Å². The van der Waals surface area contributed by atoms with Crippen LogP contribution < -0.4 is 0 Å². The minimum atomic E-state index is -1.34. The number of aliphatic carboxylic acids is 1. The Morgan fingerprint density at radius 3 is 2.70 bits per heavy atom. The summed E-state index contributed by atoms with van der Waals surface area (Å²) in [5.74, 6) is -1.20. The van der Waals surface area contributed by atoms with Gasteiger partial charge in [0.25, 0.3) is 0 Å². The normalized spacial score (nSPS) is 13.8. The lowest BCUT2D eigenvalue weighted by Gasteiger charge is -1.95. The van der Waals surface area contributed by atoms with Crippen molar-refractivity contribution < 1.29 is 15.0 Å². The Balaban J connectivity index is 3.55. The van der Waals surface area contributed by atoms with Crippen molar-refractivity contribution in [2.75, 3.05) is 0 Å². The van der Waals surface area contributed by atoms with E-state index in [1.165, 1.54) is 6.08 Å². The molecule has 0 saturated carbocycles. The minimum absolute atomic E-state index is 0.810. The average Bonchev–Trinajstić information content (AvgIpc) is 1.88. The third-order valence-electron chi connectivity index (χ3n) is 1.03. The summed E-state index contributed by atoms with van der Waals surface area (Å²) in [5, 5.41) is 16.8. The Bertz CT molecular complexity index is 129. The van der Waals surface area contributed by atoms with Crippen LogP contribution >= 0.6 is 0 Å². The Morgan fingerprint density at radius 2 is 2.30 bits per heavy atom. The molecule has 2 N–H and O–H groups in total. The molecule has 0 aliphatic rings. The quantitative estimate of drug-likeness (QED) is 0.573. The zero-order valence-electron chi connectivity index (χ0n) is 5.95. The topological polar surface area (TPSA) is 57.5 Å². The second kappa shape index (κ2) is 4.99. The van der Waals surface area contributed by atoms with Crippen molar-refractivity contribution >= 4 is 5.97 Å². The Kier molecular flexibility index (Phi) is 4.58. The van der Waals surface area contributed by atoms with Crippen LogP contribution in [0.15, 0.2) is 12.2 Å². The van der Waals surface area contributed by atoms with Crippen LogP contribution in [0.4, 0.5) is 0 Å². The molecule has 10 heavy (non-hydrogen) atoms. The summed E-state index contributed by atoms with van der Waals surface area (Å²) in [6.45, 7) is 1.98. The van der Waals surface area contributed by atoms with Gasteiger partial charge >= 0.3 is 5.97 Å². The molecule has 3 heteroatoms. The lowest BCUT2D eigenvalue weighted by Crippen LogP contribution is -2.15. The monoisotopic (exact) mass is 144 g/mol. The standard InChI is InChI=1S/C7H12O3/c1-2-3-4-5-6(8)7(9)10/h4-6,8H,2-3H2,1H3,(H,9,10)/b5-4-/t6-/m1/s1. The average molecular weight is 144 g/mol. The SMILES string of the molecule is CCC/C=C\[C@@H](O)C(=O)O. The number of carboxylic acids is 1. The molecule has 0 radical (unpaired) electrons. The predicted molar refractivity (Wildman–Crippen MR) is 37.7 cm³/mol. The molecule has 0 spiro atoms. The molecule has 1 atom stereocenters. The molecule has 0 aliphatic carbocycles. The molecule has 58 valence electrons. The fourth-order valence-corrected chi connectivity index (χ4v) is 0.474. The van der Waals surface area contributed by atoms with Gasteiger partial charge in [-0.25, -0.2) is 4.79 Å².